The quantitative estimate of drug-likeness (QED) is 0.906. The van der Waals surface area contributed by atoms with Gasteiger partial charge in [-0.05, 0) is 50.8 Å². The van der Waals surface area contributed by atoms with Crippen LogP contribution >= 0.6 is 0 Å². The minimum absolute atomic E-state index is 0.381. The van der Waals surface area contributed by atoms with Crippen LogP contribution in [0, 0.1) is 13.8 Å². The number of hydrogen-bond donors (Lipinski definition) is 1. The molecule has 1 aliphatic rings. The maximum Gasteiger partial charge on any atom is 0.122 e. The number of piperidine rings is 1. The van der Waals surface area contributed by atoms with Crippen LogP contribution in [0.15, 0.2) is 18.2 Å². The number of ether oxygens (including phenoxy) is 1. The minimum Gasteiger partial charge on any atom is -0.492 e. The van der Waals surface area contributed by atoms with E-state index in [-0.39, 0.29) is 0 Å². The summed E-state index contributed by atoms with van der Waals surface area (Å²) >= 11 is 0. The van der Waals surface area contributed by atoms with Crippen molar-refractivity contribution in [3.8, 4) is 5.75 Å². The summed E-state index contributed by atoms with van der Waals surface area (Å²) in [4.78, 5) is 2.48. The lowest BCUT2D eigenvalue weighted by atomic mass is 9.99. The molecule has 0 radical (unpaired) electrons. The number of aryl methyl sites for hydroxylation is 2. The standard InChI is InChI=1S/C16H26N2O/c1-12-4-5-13(2)16(10-12)19-9-8-18-7-6-15(17)11-14(18)3/h4-5,10,14-15H,6-9,11,17H2,1-3H3. The highest BCUT2D eigenvalue weighted by Gasteiger charge is 2.22. The predicted octanol–water partition coefficient (Wildman–Crippen LogP) is 2.49. The van der Waals surface area contributed by atoms with Crippen LogP contribution in [0.4, 0.5) is 0 Å². The Labute approximate surface area is 116 Å². The molecule has 106 valence electrons. The van der Waals surface area contributed by atoms with E-state index >= 15 is 0 Å². The van der Waals surface area contributed by atoms with Crippen LogP contribution in [0.5, 0.6) is 5.75 Å². The summed E-state index contributed by atoms with van der Waals surface area (Å²) in [5.74, 6) is 1.02. The molecule has 3 heteroatoms. The summed E-state index contributed by atoms with van der Waals surface area (Å²) in [6.45, 7) is 9.29. The first-order valence-corrected chi connectivity index (χ1v) is 7.26. The Kier molecular flexibility index (Phi) is 4.83. The lowest BCUT2D eigenvalue weighted by Crippen LogP contribution is -2.46. The normalized spacial score (nSPS) is 24.4. The lowest BCUT2D eigenvalue weighted by Gasteiger charge is -2.36. The van der Waals surface area contributed by atoms with Gasteiger partial charge in [0.05, 0.1) is 0 Å². The maximum absolute atomic E-state index is 5.99. The topological polar surface area (TPSA) is 38.5 Å². The van der Waals surface area contributed by atoms with Crippen molar-refractivity contribution in [3.63, 3.8) is 0 Å². The van der Waals surface area contributed by atoms with Crippen molar-refractivity contribution in [2.24, 2.45) is 5.73 Å². The Morgan fingerprint density at radius 1 is 1.37 bits per heavy atom. The summed E-state index contributed by atoms with van der Waals surface area (Å²) in [6.07, 6.45) is 2.21. The van der Waals surface area contributed by atoms with Crippen molar-refractivity contribution in [1.82, 2.24) is 4.90 Å². The number of hydrogen-bond acceptors (Lipinski definition) is 3. The Balaban J connectivity index is 1.81. The highest BCUT2D eigenvalue weighted by atomic mass is 16.5. The van der Waals surface area contributed by atoms with Gasteiger partial charge < -0.3 is 10.5 Å². The number of nitrogens with two attached hydrogens (primary N) is 1. The van der Waals surface area contributed by atoms with E-state index in [0.29, 0.717) is 12.1 Å². The molecule has 0 saturated carbocycles. The van der Waals surface area contributed by atoms with E-state index in [0.717, 1.165) is 38.3 Å². The second-order valence-corrected chi connectivity index (χ2v) is 5.79. The van der Waals surface area contributed by atoms with Crippen molar-refractivity contribution in [1.29, 1.82) is 0 Å². The van der Waals surface area contributed by atoms with Crippen molar-refractivity contribution in [3.05, 3.63) is 29.3 Å². The van der Waals surface area contributed by atoms with Gasteiger partial charge in [-0.15, -0.1) is 0 Å². The molecule has 0 amide bonds. The average Bonchev–Trinajstić information content (AvgIpc) is 2.36. The molecule has 0 aromatic heterocycles. The van der Waals surface area contributed by atoms with Crippen LogP contribution in [-0.4, -0.2) is 36.7 Å². The van der Waals surface area contributed by atoms with Crippen LogP contribution < -0.4 is 10.5 Å². The fourth-order valence-corrected chi connectivity index (χ4v) is 2.72. The van der Waals surface area contributed by atoms with Gasteiger partial charge >= 0.3 is 0 Å². The molecule has 0 spiro atoms. The molecule has 1 saturated heterocycles. The van der Waals surface area contributed by atoms with Crippen LogP contribution in [-0.2, 0) is 0 Å². The van der Waals surface area contributed by atoms with Crippen molar-refractivity contribution in [2.75, 3.05) is 19.7 Å². The molecule has 0 bridgehead atoms. The fraction of sp³-hybridized carbons (Fsp3) is 0.625. The zero-order valence-electron chi connectivity index (χ0n) is 12.4. The predicted molar refractivity (Wildman–Crippen MR) is 79.7 cm³/mol. The van der Waals surface area contributed by atoms with Gasteiger partial charge in [-0.3, -0.25) is 4.90 Å². The van der Waals surface area contributed by atoms with E-state index in [1.807, 2.05) is 0 Å². The van der Waals surface area contributed by atoms with Crippen LogP contribution in [0.25, 0.3) is 0 Å². The molecule has 2 atom stereocenters. The Morgan fingerprint density at radius 2 is 2.16 bits per heavy atom. The third-order valence-electron chi connectivity index (χ3n) is 4.03. The van der Waals surface area contributed by atoms with Crippen molar-refractivity contribution < 1.29 is 4.74 Å². The zero-order chi connectivity index (χ0) is 13.8. The zero-order valence-corrected chi connectivity index (χ0v) is 12.4. The summed E-state index contributed by atoms with van der Waals surface area (Å²) in [5, 5.41) is 0. The molecule has 19 heavy (non-hydrogen) atoms. The lowest BCUT2D eigenvalue weighted by molar-refractivity contribution is 0.123. The number of likely N-dealkylation sites (tertiary alicyclic amines) is 1. The summed E-state index contributed by atoms with van der Waals surface area (Å²) in [7, 11) is 0. The molecular formula is C16H26N2O. The Hall–Kier alpha value is -1.06. The van der Waals surface area contributed by atoms with Gasteiger partial charge in [-0.2, -0.15) is 0 Å². The Bertz CT molecular complexity index is 419. The first kappa shape index (κ1) is 14.4. The highest BCUT2D eigenvalue weighted by molar-refractivity contribution is 5.35. The third-order valence-corrected chi connectivity index (χ3v) is 4.03. The first-order valence-electron chi connectivity index (χ1n) is 7.26. The van der Waals surface area contributed by atoms with E-state index in [1.165, 1.54) is 11.1 Å². The summed E-state index contributed by atoms with van der Waals surface area (Å²) < 4.78 is 5.92. The van der Waals surface area contributed by atoms with Crippen molar-refractivity contribution >= 4 is 0 Å². The third kappa shape index (κ3) is 3.95. The summed E-state index contributed by atoms with van der Waals surface area (Å²) in [5.41, 5.74) is 8.44. The molecule has 2 rings (SSSR count). The average molecular weight is 262 g/mol. The molecule has 1 fully saturated rings. The maximum atomic E-state index is 5.99. The van der Waals surface area contributed by atoms with Gasteiger partial charge in [-0.25, -0.2) is 0 Å². The fourth-order valence-electron chi connectivity index (χ4n) is 2.72. The van der Waals surface area contributed by atoms with Crippen LogP contribution in [0.2, 0.25) is 0 Å². The number of nitrogens with zero attached hydrogens (tertiary/aromatic N) is 1. The summed E-state index contributed by atoms with van der Waals surface area (Å²) in [6, 6.07) is 7.31. The van der Waals surface area contributed by atoms with Gasteiger partial charge in [0, 0.05) is 25.2 Å². The van der Waals surface area contributed by atoms with Crippen LogP contribution in [0.3, 0.4) is 0 Å². The van der Waals surface area contributed by atoms with Gasteiger partial charge in [0.1, 0.15) is 12.4 Å². The van der Waals surface area contributed by atoms with Gasteiger partial charge in [0.2, 0.25) is 0 Å². The largest absolute Gasteiger partial charge is 0.492 e. The van der Waals surface area contributed by atoms with Gasteiger partial charge in [0.25, 0.3) is 0 Å². The molecule has 3 nitrogen and oxygen atoms in total. The molecule has 2 N–H and O–H groups in total. The molecule has 1 heterocycles. The molecular weight excluding hydrogens is 236 g/mol. The van der Waals surface area contributed by atoms with Crippen LogP contribution in [0.1, 0.15) is 30.9 Å². The minimum atomic E-state index is 0.381. The molecule has 2 unspecified atom stereocenters. The molecule has 0 aliphatic carbocycles. The van der Waals surface area contributed by atoms with Gasteiger partial charge in [0.15, 0.2) is 0 Å². The van der Waals surface area contributed by atoms with Gasteiger partial charge in [-0.1, -0.05) is 12.1 Å². The van der Waals surface area contributed by atoms with E-state index in [4.69, 9.17) is 10.5 Å². The monoisotopic (exact) mass is 262 g/mol. The molecule has 1 aliphatic heterocycles. The molecule has 1 aromatic rings. The number of rotatable bonds is 4. The Morgan fingerprint density at radius 3 is 2.89 bits per heavy atom. The first-order chi connectivity index (χ1) is 9.06. The SMILES string of the molecule is Cc1ccc(C)c(OCCN2CCC(N)CC2C)c1. The smallest absolute Gasteiger partial charge is 0.122 e. The van der Waals surface area contributed by atoms with E-state index in [9.17, 15) is 0 Å². The second kappa shape index (κ2) is 6.40. The molecule has 1 aromatic carbocycles. The van der Waals surface area contributed by atoms with Crippen molar-refractivity contribution in [2.45, 2.75) is 45.7 Å². The van der Waals surface area contributed by atoms with E-state index in [1.54, 1.807) is 0 Å². The second-order valence-electron chi connectivity index (χ2n) is 5.79. The van der Waals surface area contributed by atoms with E-state index < -0.39 is 0 Å². The van der Waals surface area contributed by atoms with E-state index in [2.05, 4.69) is 43.9 Å². The number of benzene rings is 1. The highest BCUT2D eigenvalue weighted by Crippen LogP contribution is 2.20.